The van der Waals surface area contributed by atoms with Gasteiger partial charge in [-0.1, -0.05) is 54.2 Å². The average Bonchev–Trinajstić information content (AvgIpc) is 3.44. The molecule has 0 aliphatic heterocycles. The zero-order valence-electron chi connectivity index (χ0n) is 24.7. The number of rotatable bonds is 11. The van der Waals surface area contributed by atoms with Crippen molar-refractivity contribution in [2.24, 2.45) is 7.05 Å². The van der Waals surface area contributed by atoms with Crippen molar-refractivity contribution in [2.75, 3.05) is 7.05 Å². The van der Waals surface area contributed by atoms with Gasteiger partial charge in [-0.2, -0.15) is 23.3 Å². The summed E-state index contributed by atoms with van der Waals surface area (Å²) >= 11 is 1.11. The number of nitrogens with zero attached hydrogens (tertiary/aromatic N) is 5. The first-order chi connectivity index (χ1) is 21.9. The van der Waals surface area contributed by atoms with Gasteiger partial charge in [0.15, 0.2) is 23.1 Å². The van der Waals surface area contributed by atoms with Gasteiger partial charge in [0.05, 0.1) is 11.8 Å². The summed E-state index contributed by atoms with van der Waals surface area (Å²) in [6.07, 6.45) is 0.620. The molecule has 0 radical (unpaired) electrons. The zero-order chi connectivity index (χ0) is 33.0. The predicted molar refractivity (Wildman–Crippen MR) is 164 cm³/mol. The average molecular weight is 654 g/mol. The molecule has 46 heavy (non-hydrogen) atoms. The fourth-order valence-corrected chi connectivity index (χ4v) is 5.82. The van der Waals surface area contributed by atoms with E-state index in [0.717, 1.165) is 59.0 Å². The van der Waals surface area contributed by atoms with Crippen LogP contribution in [0.15, 0.2) is 95.3 Å². The predicted octanol–water partition coefficient (Wildman–Crippen LogP) is 6.65. The number of aromatic nitrogens is 4. The standard InChI is InChI=1S/C33H28F5N5O2S/c1-41(16-21-3-6-24(7-4-21)25-8-10-27(11-9-25)33(36,37)38)30(19-44)43-18-26(13-23-15-39-42(2)17-23)31(45)40-32(43)46-20-22-5-12-28(34)29(35)14-22/h3-12,14-15,17-19,30H,13,16,20H2,1-2H3. The highest BCUT2D eigenvalue weighted by Gasteiger charge is 2.30. The molecule has 0 aliphatic rings. The fourth-order valence-electron chi connectivity index (χ4n) is 4.89. The lowest BCUT2D eigenvalue weighted by molar-refractivity contribution is -0.137. The van der Waals surface area contributed by atoms with Crippen LogP contribution in [0.1, 0.15) is 34.0 Å². The molecule has 0 fully saturated rings. The lowest BCUT2D eigenvalue weighted by atomic mass is 10.0. The van der Waals surface area contributed by atoms with Gasteiger partial charge in [-0.25, -0.2) is 8.78 Å². The third kappa shape index (κ3) is 7.77. The highest BCUT2D eigenvalue weighted by Crippen LogP contribution is 2.31. The Labute approximate surface area is 265 Å². The van der Waals surface area contributed by atoms with E-state index in [4.69, 9.17) is 0 Å². The Bertz CT molecular complexity index is 1890. The monoisotopic (exact) mass is 653 g/mol. The van der Waals surface area contributed by atoms with E-state index >= 15 is 0 Å². The van der Waals surface area contributed by atoms with E-state index in [0.29, 0.717) is 23.2 Å². The van der Waals surface area contributed by atoms with Crippen LogP contribution in [-0.4, -0.2) is 37.6 Å². The first-order valence-corrected chi connectivity index (χ1v) is 15.0. The van der Waals surface area contributed by atoms with Crippen LogP contribution in [0.4, 0.5) is 22.0 Å². The third-order valence-corrected chi connectivity index (χ3v) is 8.32. The minimum atomic E-state index is -4.42. The number of benzene rings is 3. The molecule has 13 heteroatoms. The summed E-state index contributed by atoms with van der Waals surface area (Å²) in [6, 6.07) is 15.6. The first-order valence-electron chi connectivity index (χ1n) is 14.0. The van der Waals surface area contributed by atoms with Gasteiger partial charge < -0.3 is 4.57 Å². The van der Waals surface area contributed by atoms with E-state index in [-0.39, 0.29) is 17.3 Å². The van der Waals surface area contributed by atoms with E-state index in [9.17, 15) is 31.5 Å². The normalized spacial score (nSPS) is 12.4. The summed E-state index contributed by atoms with van der Waals surface area (Å²) in [5.74, 6) is -1.81. The molecule has 2 aromatic heterocycles. The number of hydrogen-bond donors (Lipinski definition) is 0. The Morgan fingerprint density at radius 2 is 1.57 bits per heavy atom. The molecule has 0 aliphatic carbocycles. The molecule has 1 atom stereocenters. The van der Waals surface area contributed by atoms with Gasteiger partial charge in [0.2, 0.25) is 0 Å². The molecule has 238 valence electrons. The van der Waals surface area contributed by atoms with Crippen molar-refractivity contribution < 1.29 is 26.7 Å². The molecule has 0 spiro atoms. The number of carbonyl (C=O) groups excluding carboxylic acids is 1. The van der Waals surface area contributed by atoms with E-state index in [1.165, 1.54) is 18.2 Å². The maximum atomic E-state index is 13.8. The largest absolute Gasteiger partial charge is 0.416 e. The minimum absolute atomic E-state index is 0.159. The molecule has 3 aromatic carbocycles. The summed E-state index contributed by atoms with van der Waals surface area (Å²) in [4.78, 5) is 31.7. The molecule has 1 unspecified atom stereocenters. The molecule has 0 saturated carbocycles. The number of hydrogen-bond acceptors (Lipinski definition) is 6. The molecular formula is C33H28F5N5O2S. The van der Waals surface area contributed by atoms with Gasteiger partial charge in [0.25, 0.3) is 5.56 Å². The summed E-state index contributed by atoms with van der Waals surface area (Å²) < 4.78 is 69.3. The van der Waals surface area contributed by atoms with Crippen molar-refractivity contribution in [1.82, 2.24) is 24.2 Å². The fraction of sp³-hybridized carbons (Fsp3) is 0.212. The second kappa shape index (κ2) is 13.8. The zero-order valence-corrected chi connectivity index (χ0v) is 25.5. The number of thioether (sulfide) groups is 1. The lowest BCUT2D eigenvalue weighted by Crippen LogP contribution is -2.33. The van der Waals surface area contributed by atoms with Crippen LogP contribution < -0.4 is 5.56 Å². The van der Waals surface area contributed by atoms with Crippen LogP contribution in [0.25, 0.3) is 11.1 Å². The number of alkyl halides is 3. The van der Waals surface area contributed by atoms with Crippen molar-refractivity contribution in [3.63, 3.8) is 0 Å². The van der Waals surface area contributed by atoms with E-state index in [1.54, 1.807) is 59.0 Å². The summed E-state index contributed by atoms with van der Waals surface area (Å²) in [6.45, 7) is 0.300. The van der Waals surface area contributed by atoms with E-state index in [1.807, 2.05) is 12.1 Å². The maximum absolute atomic E-state index is 13.8. The molecule has 7 nitrogen and oxygen atoms in total. The summed E-state index contributed by atoms with van der Waals surface area (Å²) in [5, 5.41) is 4.35. The van der Waals surface area contributed by atoms with Gasteiger partial charge in [0, 0.05) is 43.7 Å². The number of aryl methyl sites for hydroxylation is 1. The Kier molecular flexibility index (Phi) is 9.82. The van der Waals surface area contributed by atoms with Gasteiger partial charge in [-0.15, -0.1) is 0 Å². The van der Waals surface area contributed by atoms with Crippen LogP contribution in [0.3, 0.4) is 0 Å². The van der Waals surface area contributed by atoms with Crippen LogP contribution >= 0.6 is 11.8 Å². The topological polar surface area (TPSA) is 73.0 Å². The smallest absolute Gasteiger partial charge is 0.304 e. The van der Waals surface area contributed by atoms with Gasteiger partial charge in [-0.05, 0) is 59.1 Å². The summed E-state index contributed by atoms with van der Waals surface area (Å²) in [7, 11) is 3.48. The van der Waals surface area contributed by atoms with E-state index in [2.05, 4.69) is 10.1 Å². The Morgan fingerprint density at radius 3 is 2.15 bits per heavy atom. The Hall–Kier alpha value is -4.62. The molecule has 2 heterocycles. The first kappa shape index (κ1) is 32.8. The van der Waals surface area contributed by atoms with Crippen LogP contribution in [-0.2, 0) is 36.7 Å². The molecule has 0 bridgehead atoms. The molecule has 5 aromatic rings. The van der Waals surface area contributed by atoms with Crippen molar-refractivity contribution >= 4 is 18.0 Å². The molecular weight excluding hydrogens is 625 g/mol. The van der Waals surface area contributed by atoms with Crippen LogP contribution in [0, 0.1) is 11.6 Å². The maximum Gasteiger partial charge on any atom is 0.416 e. The second-order valence-electron chi connectivity index (χ2n) is 10.7. The molecule has 0 saturated heterocycles. The van der Waals surface area contributed by atoms with Crippen molar-refractivity contribution in [3.8, 4) is 11.1 Å². The highest BCUT2D eigenvalue weighted by atomic mass is 32.2. The quantitative estimate of drug-likeness (QED) is 0.0688. The second-order valence-corrected chi connectivity index (χ2v) is 11.7. The van der Waals surface area contributed by atoms with Gasteiger partial charge >= 0.3 is 6.18 Å². The highest BCUT2D eigenvalue weighted by molar-refractivity contribution is 7.98. The number of halogens is 5. The van der Waals surface area contributed by atoms with Crippen molar-refractivity contribution in [3.05, 3.63) is 135 Å². The van der Waals surface area contributed by atoms with Crippen molar-refractivity contribution in [2.45, 2.75) is 36.2 Å². The molecule has 0 amide bonds. The summed E-state index contributed by atoms with van der Waals surface area (Å²) in [5.41, 5.74) is 2.55. The minimum Gasteiger partial charge on any atom is -0.304 e. The lowest BCUT2D eigenvalue weighted by Gasteiger charge is -2.28. The third-order valence-electron chi connectivity index (χ3n) is 7.28. The molecule has 5 rings (SSSR count). The molecule has 0 N–H and O–H groups in total. The van der Waals surface area contributed by atoms with Gasteiger partial charge in [0.1, 0.15) is 6.17 Å². The van der Waals surface area contributed by atoms with Crippen molar-refractivity contribution in [1.29, 1.82) is 0 Å². The Morgan fingerprint density at radius 1 is 0.913 bits per heavy atom. The van der Waals surface area contributed by atoms with Crippen LogP contribution in [0.2, 0.25) is 0 Å². The van der Waals surface area contributed by atoms with Crippen LogP contribution in [0.5, 0.6) is 0 Å². The van der Waals surface area contributed by atoms with E-state index < -0.39 is 35.1 Å². The SMILES string of the molecule is CN(Cc1ccc(-c2ccc(C(F)(F)F)cc2)cc1)C(C=O)n1cc(Cc2cnn(C)c2)c(=O)nc1SCc1ccc(F)c(F)c1. The number of carbonyl (C=O) groups is 1. The van der Waals surface area contributed by atoms with Gasteiger partial charge in [-0.3, -0.25) is 19.2 Å². The number of likely N-dealkylation sites (N-methyl/N-ethyl adjacent to an activating group) is 1. The number of aldehydes is 1. The Balaban J connectivity index is 1.40.